The smallest absolute Gasteiger partial charge is 0.339 e. The number of amides is 1. The highest BCUT2D eigenvalue weighted by Gasteiger charge is 2.33. The molecule has 2 aromatic rings. The van der Waals surface area contributed by atoms with E-state index in [4.69, 9.17) is 18.6 Å². The number of benzene rings is 1. The van der Waals surface area contributed by atoms with Crippen molar-refractivity contribution in [1.29, 1.82) is 0 Å². The number of ether oxygens (including phenoxy) is 3. The van der Waals surface area contributed by atoms with Crippen LogP contribution >= 0.6 is 0 Å². The van der Waals surface area contributed by atoms with E-state index in [9.17, 15) is 9.59 Å². The summed E-state index contributed by atoms with van der Waals surface area (Å²) in [7, 11) is 3.07. The predicted molar refractivity (Wildman–Crippen MR) is 89.6 cm³/mol. The number of carbonyl (C=O) groups is 1. The Labute approximate surface area is 144 Å². The first-order chi connectivity index (χ1) is 12.0. The van der Waals surface area contributed by atoms with Gasteiger partial charge in [-0.05, 0) is 19.1 Å². The third-order valence-corrected chi connectivity index (χ3v) is 3.90. The van der Waals surface area contributed by atoms with Gasteiger partial charge >= 0.3 is 5.63 Å². The van der Waals surface area contributed by atoms with Gasteiger partial charge in [0.25, 0.3) is 5.91 Å². The van der Waals surface area contributed by atoms with E-state index in [2.05, 4.69) is 0 Å². The van der Waals surface area contributed by atoms with Crippen molar-refractivity contribution >= 4 is 5.91 Å². The zero-order chi connectivity index (χ0) is 18.0. The molecule has 3 rings (SSSR count). The van der Waals surface area contributed by atoms with Crippen molar-refractivity contribution < 1.29 is 23.4 Å². The molecule has 0 atom stereocenters. The van der Waals surface area contributed by atoms with Gasteiger partial charge < -0.3 is 23.5 Å². The summed E-state index contributed by atoms with van der Waals surface area (Å²) in [6.07, 6.45) is -0.155. The van der Waals surface area contributed by atoms with Crippen LogP contribution in [0.2, 0.25) is 0 Å². The summed E-state index contributed by atoms with van der Waals surface area (Å²) in [5.41, 5.74) is 0.0385. The van der Waals surface area contributed by atoms with Crippen LogP contribution < -0.4 is 19.8 Å². The van der Waals surface area contributed by atoms with Gasteiger partial charge in [-0.2, -0.15) is 0 Å². The number of aryl methyl sites for hydroxylation is 1. The molecule has 25 heavy (non-hydrogen) atoms. The molecule has 0 N–H and O–H groups in total. The molecular weight excluding hydrogens is 326 g/mol. The Morgan fingerprint density at radius 2 is 1.68 bits per heavy atom. The minimum Gasteiger partial charge on any atom is -0.497 e. The van der Waals surface area contributed by atoms with E-state index in [1.54, 1.807) is 36.1 Å². The Hall–Kier alpha value is -2.96. The van der Waals surface area contributed by atoms with Crippen molar-refractivity contribution in [3.8, 4) is 17.2 Å². The van der Waals surface area contributed by atoms with E-state index in [-0.39, 0.29) is 12.0 Å². The van der Waals surface area contributed by atoms with Crippen LogP contribution in [0.5, 0.6) is 17.2 Å². The van der Waals surface area contributed by atoms with Crippen molar-refractivity contribution in [3.63, 3.8) is 0 Å². The number of hydrogen-bond donors (Lipinski definition) is 0. The number of nitrogens with zero attached hydrogens (tertiary/aromatic N) is 1. The van der Waals surface area contributed by atoms with Gasteiger partial charge in [0, 0.05) is 17.7 Å². The van der Waals surface area contributed by atoms with Crippen molar-refractivity contribution in [2.24, 2.45) is 0 Å². The molecule has 0 aliphatic carbocycles. The van der Waals surface area contributed by atoms with Gasteiger partial charge in [0.05, 0.1) is 33.4 Å². The number of rotatable bonds is 5. The number of carbonyl (C=O) groups excluding carboxylic acids is 1. The van der Waals surface area contributed by atoms with Crippen LogP contribution in [0.1, 0.15) is 16.1 Å². The standard InChI is InChI=1S/C18H19NO6/c1-11-4-15(8-17(20)24-11)25-16-9-19(10-16)18(21)12-5-13(22-2)7-14(6-12)23-3/h4-8,16H,9-10H2,1-3H3. The number of likely N-dealkylation sites (tertiary alicyclic amines) is 1. The first-order valence-corrected chi connectivity index (χ1v) is 7.79. The highest BCUT2D eigenvalue weighted by Crippen LogP contribution is 2.25. The second kappa shape index (κ2) is 6.88. The molecule has 1 aliphatic rings. The van der Waals surface area contributed by atoms with Gasteiger partial charge in [-0.1, -0.05) is 0 Å². The normalized spacial score (nSPS) is 14.0. The van der Waals surface area contributed by atoms with Crippen LogP contribution in [0.3, 0.4) is 0 Å². The summed E-state index contributed by atoms with van der Waals surface area (Å²) >= 11 is 0. The fourth-order valence-electron chi connectivity index (χ4n) is 2.63. The maximum Gasteiger partial charge on any atom is 0.339 e. The average molecular weight is 345 g/mol. The zero-order valence-corrected chi connectivity index (χ0v) is 14.3. The lowest BCUT2D eigenvalue weighted by molar-refractivity contribution is 0.0174. The van der Waals surface area contributed by atoms with Gasteiger partial charge in [0.15, 0.2) is 0 Å². The van der Waals surface area contributed by atoms with Crippen LogP contribution in [-0.4, -0.2) is 44.2 Å². The Kier molecular flexibility index (Phi) is 4.65. The SMILES string of the molecule is COc1cc(OC)cc(C(=O)N2CC(Oc3cc(C)oc(=O)c3)C2)c1. The fourth-order valence-corrected chi connectivity index (χ4v) is 2.63. The van der Waals surface area contributed by atoms with Gasteiger partial charge in [0.1, 0.15) is 29.1 Å². The van der Waals surface area contributed by atoms with E-state index in [1.807, 2.05) is 0 Å². The molecule has 0 spiro atoms. The van der Waals surface area contributed by atoms with E-state index < -0.39 is 5.63 Å². The molecule has 7 heteroatoms. The van der Waals surface area contributed by atoms with Crippen molar-refractivity contribution in [2.75, 3.05) is 27.3 Å². The zero-order valence-electron chi connectivity index (χ0n) is 14.3. The third kappa shape index (κ3) is 3.76. The summed E-state index contributed by atoms with van der Waals surface area (Å²) in [6, 6.07) is 8.00. The molecule has 0 unspecified atom stereocenters. The summed E-state index contributed by atoms with van der Waals surface area (Å²) in [6.45, 7) is 2.57. The second-order valence-electron chi connectivity index (χ2n) is 5.77. The van der Waals surface area contributed by atoms with Crippen LogP contribution in [-0.2, 0) is 0 Å². The molecule has 132 valence electrons. The minimum absolute atomic E-state index is 0.124. The van der Waals surface area contributed by atoms with Crippen LogP contribution in [0.4, 0.5) is 0 Å². The quantitative estimate of drug-likeness (QED) is 0.823. The van der Waals surface area contributed by atoms with Crippen LogP contribution in [0.25, 0.3) is 0 Å². The summed E-state index contributed by atoms with van der Waals surface area (Å²) < 4.78 is 21.0. The molecule has 7 nitrogen and oxygen atoms in total. The largest absolute Gasteiger partial charge is 0.497 e. The summed E-state index contributed by atoms with van der Waals surface area (Å²) in [5.74, 6) is 1.93. The lowest BCUT2D eigenvalue weighted by atomic mass is 10.1. The highest BCUT2D eigenvalue weighted by molar-refractivity contribution is 5.95. The fraction of sp³-hybridized carbons (Fsp3) is 0.333. The third-order valence-electron chi connectivity index (χ3n) is 3.90. The van der Waals surface area contributed by atoms with Crippen LogP contribution in [0.15, 0.2) is 39.5 Å². The molecule has 1 saturated heterocycles. The molecule has 1 aromatic heterocycles. The van der Waals surface area contributed by atoms with E-state index in [1.165, 1.54) is 20.3 Å². The molecule has 2 heterocycles. The maximum atomic E-state index is 12.6. The molecule has 1 fully saturated rings. The summed E-state index contributed by atoms with van der Waals surface area (Å²) in [5, 5.41) is 0. The Morgan fingerprint density at radius 3 is 2.24 bits per heavy atom. The number of methoxy groups -OCH3 is 2. The average Bonchev–Trinajstić information content (AvgIpc) is 2.55. The van der Waals surface area contributed by atoms with Gasteiger partial charge in [-0.25, -0.2) is 4.79 Å². The molecule has 0 saturated carbocycles. The monoisotopic (exact) mass is 345 g/mol. The van der Waals surface area contributed by atoms with Gasteiger partial charge in [0.2, 0.25) is 0 Å². The minimum atomic E-state index is -0.453. The molecule has 1 aromatic carbocycles. The first kappa shape index (κ1) is 16.9. The second-order valence-corrected chi connectivity index (χ2v) is 5.77. The molecule has 1 amide bonds. The van der Waals surface area contributed by atoms with E-state index >= 15 is 0 Å². The Morgan fingerprint density at radius 1 is 1.04 bits per heavy atom. The van der Waals surface area contributed by atoms with E-state index in [0.29, 0.717) is 41.7 Å². The molecular formula is C18H19NO6. The lowest BCUT2D eigenvalue weighted by Gasteiger charge is -2.39. The summed E-state index contributed by atoms with van der Waals surface area (Å²) in [4.78, 5) is 25.6. The maximum absolute atomic E-state index is 12.6. The van der Waals surface area contributed by atoms with Crippen molar-refractivity contribution in [1.82, 2.24) is 4.90 Å². The molecule has 0 radical (unpaired) electrons. The van der Waals surface area contributed by atoms with Crippen LogP contribution in [0, 0.1) is 6.92 Å². The molecule has 1 aliphatic heterocycles. The number of hydrogen-bond acceptors (Lipinski definition) is 6. The lowest BCUT2D eigenvalue weighted by Crippen LogP contribution is -2.56. The topological polar surface area (TPSA) is 78.2 Å². The predicted octanol–water partition coefficient (Wildman–Crippen LogP) is 1.87. The van der Waals surface area contributed by atoms with Gasteiger partial charge in [-0.15, -0.1) is 0 Å². The van der Waals surface area contributed by atoms with Gasteiger partial charge in [-0.3, -0.25) is 4.79 Å². The highest BCUT2D eigenvalue weighted by atomic mass is 16.5. The van der Waals surface area contributed by atoms with E-state index in [0.717, 1.165) is 0 Å². The first-order valence-electron chi connectivity index (χ1n) is 7.79. The Bertz CT molecular complexity index is 815. The molecule has 0 bridgehead atoms. The van der Waals surface area contributed by atoms with Crippen molar-refractivity contribution in [3.05, 3.63) is 52.1 Å². The van der Waals surface area contributed by atoms with Crippen molar-refractivity contribution in [2.45, 2.75) is 13.0 Å². The Balaban J connectivity index is 1.64.